The van der Waals surface area contributed by atoms with Gasteiger partial charge >= 0.3 is 0 Å². The molecule has 78 valence electrons. The highest BCUT2D eigenvalue weighted by Gasteiger charge is 2.18. The van der Waals surface area contributed by atoms with Gasteiger partial charge in [0.05, 0.1) is 5.75 Å². The Morgan fingerprint density at radius 3 is 2.38 bits per heavy atom. The molecule has 0 aromatic rings. The molecule has 0 aliphatic carbocycles. The highest BCUT2D eigenvalue weighted by Crippen LogP contribution is 2.16. The standard InChI is InChI=1S/C8H16ClNO2S/c9-3-6-10-4-1-8(2-5-10)7-13(11)12/h8,13H,1-7H2. The van der Waals surface area contributed by atoms with Gasteiger partial charge in [-0.15, -0.1) is 11.6 Å². The van der Waals surface area contributed by atoms with E-state index in [-0.39, 0.29) is 0 Å². The topological polar surface area (TPSA) is 37.4 Å². The van der Waals surface area contributed by atoms with E-state index >= 15 is 0 Å². The summed E-state index contributed by atoms with van der Waals surface area (Å²) in [5, 5.41) is 0. The molecule has 1 saturated heterocycles. The Labute approximate surface area is 86.0 Å². The van der Waals surface area contributed by atoms with Gasteiger partial charge in [-0.3, -0.25) is 0 Å². The van der Waals surface area contributed by atoms with Crippen LogP contribution in [0.2, 0.25) is 0 Å². The summed E-state index contributed by atoms with van der Waals surface area (Å²) in [6.45, 7) is 2.93. The molecular formula is C8H16ClNO2S. The van der Waals surface area contributed by atoms with E-state index in [1.807, 2.05) is 0 Å². The predicted molar refractivity (Wildman–Crippen MR) is 55.1 cm³/mol. The van der Waals surface area contributed by atoms with Gasteiger partial charge in [0.1, 0.15) is 10.7 Å². The van der Waals surface area contributed by atoms with Crippen LogP contribution in [0.25, 0.3) is 0 Å². The van der Waals surface area contributed by atoms with Gasteiger partial charge in [0.15, 0.2) is 0 Å². The van der Waals surface area contributed by atoms with Crippen molar-refractivity contribution in [2.45, 2.75) is 12.8 Å². The largest absolute Gasteiger partial charge is 0.302 e. The quantitative estimate of drug-likeness (QED) is 0.561. The SMILES string of the molecule is O=[SH](=O)CC1CCN(CCCl)CC1. The molecule has 0 unspecified atom stereocenters. The first-order valence-corrected chi connectivity index (χ1v) is 6.52. The van der Waals surface area contributed by atoms with Crippen LogP contribution in [0.15, 0.2) is 0 Å². The van der Waals surface area contributed by atoms with Gasteiger partial charge in [-0.05, 0) is 31.8 Å². The number of hydrogen-bond donors (Lipinski definition) is 1. The minimum Gasteiger partial charge on any atom is -0.302 e. The first-order chi connectivity index (χ1) is 6.22. The molecule has 1 fully saturated rings. The Kier molecular flexibility index (Phi) is 5.06. The van der Waals surface area contributed by atoms with Crippen LogP contribution in [0.4, 0.5) is 0 Å². The van der Waals surface area contributed by atoms with Crippen molar-refractivity contribution in [1.29, 1.82) is 0 Å². The maximum Gasteiger partial charge on any atom is 0.140 e. The summed E-state index contributed by atoms with van der Waals surface area (Å²) in [5.74, 6) is 1.41. The first kappa shape index (κ1) is 11.3. The van der Waals surface area contributed by atoms with Gasteiger partial charge in [0.25, 0.3) is 0 Å². The smallest absolute Gasteiger partial charge is 0.140 e. The molecule has 0 saturated carbocycles. The summed E-state index contributed by atoms with van der Waals surface area (Å²) in [7, 11) is -2.19. The van der Waals surface area contributed by atoms with Gasteiger partial charge < -0.3 is 4.90 Å². The van der Waals surface area contributed by atoms with Gasteiger partial charge in [0.2, 0.25) is 0 Å². The van der Waals surface area contributed by atoms with Gasteiger partial charge in [-0.2, -0.15) is 0 Å². The molecule has 0 spiro atoms. The van der Waals surface area contributed by atoms with E-state index in [0.717, 1.165) is 32.5 Å². The van der Waals surface area contributed by atoms with Crippen molar-refractivity contribution in [3.8, 4) is 0 Å². The number of piperidine rings is 1. The molecule has 0 N–H and O–H groups in total. The molecule has 1 heterocycles. The van der Waals surface area contributed by atoms with Gasteiger partial charge in [-0.1, -0.05) is 0 Å². The highest BCUT2D eigenvalue weighted by atomic mass is 35.5. The maximum atomic E-state index is 10.5. The molecule has 13 heavy (non-hydrogen) atoms. The van der Waals surface area contributed by atoms with Crippen molar-refractivity contribution >= 4 is 22.3 Å². The second-order valence-electron chi connectivity index (χ2n) is 3.49. The van der Waals surface area contributed by atoms with E-state index in [2.05, 4.69) is 4.90 Å². The number of likely N-dealkylation sites (tertiary alicyclic amines) is 1. The van der Waals surface area contributed by atoms with Crippen molar-refractivity contribution in [2.24, 2.45) is 5.92 Å². The lowest BCUT2D eigenvalue weighted by Gasteiger charge is -2.30. The molecule has 0 amide bonds. The van der Waals surface area contributed by atoms with Crippen molar-refractivity contribution < 1.29 is 8.42 Å². The minimum absolute atomic E-state index is 0.365. The molecule has 0 aromatic carbocycles. The highest BCUT2D eigenvalue weighted by molar-refractivity contribution is 7.72. The molecule has 3 nitrogen and oxygen atoms in total. The van der Waals surface area contributed by atoms with Crippen molar-refractivity contribution in [2.75, 3.05) is 31.3 Å². The molecule has 1 aliphatic rings. The normalized spacial score (nSPS) is 21.1. The van der Waals surface area contributed by atoms with E-state index in [1.165, 1.54) is 0 Å². The van der Waals surface area contributed by atoms with Crippen LogP contribution in [0.3, 0.4) is 0 Å². The van der Waals surface area contributed by atoms with Crippen molar-refractivity contribution in [3.05, 3.63) is 0 Å². The summed E-state index contributed by atoms with van der Waals surface area (Å²) in [5.41, 5.74) is 0. The number of rotatable bonds is 4. The molecule has 0 radical (unpaired) electrons. The number of halogens is 1. The number of thiol groups is 1. The summed E-state index contributed by atoms with van der Waals surface area (Å²) < 4.78 is 21.0. The molecule has 0 bridgehead atoms. The van der Waals surface area contributed by atoms with E-state index < -0.39 is 10.7 Å². The lowest BCUT2D eigenvalue weighted by molar-refractivity contribution is 0.203. The fourth-order valence-electron chi connectivity index (χ4n) is 1.72. The lowest BCUT2D eigenvalue weighted by atomic mass is 9.99. The third kappa shape index (κ3) is 4.29. The second kappa shape index (κ2) is 5.83. The molecule has 5 heteroatoms. The van der Waals surface area contributed by atoms with Crippen LogP contribution >= 0.6 is 11.6 Å². The third-order valence-corrected chi connectivity index (χ3v) is 3.50. The third-order valence-electron chi connectivity index (χ3n) is 2.52. The number of alkyl halides is 1. The van der Waals surface area contributed by atoms with E-state index in [0.29, 0.717) is 17.6 Å². The fourth-order valence-corrected chi connectivity index (χ4v) is 2.75. The molecule has 1 aliphatic heterocycles. The van der Waals surface area contributed by atoms with Crippen LogP contribution < -0.4 is 0 Å². The lowest BCUT2D eigenvalue weighted by Crippen LogP contribution is -2.36. The zero-order valence-corrected chi connectivity index (χ0v) is 9.27. The summed E-state index contributed by atoms with van der Waals surface area (Å²) in [6, 6.07) is 0. The van der Waals surface area contributed by atoms with Crippen molar-refractivity contribution in [3.63, 3.8) is 0 Å². The summed E-state index contributed by atoms with van der Waals surface area (Å²) in [6.07, 6.45) is 2.00. The summed E-state index contributed by atoms with van der Waals surface area (Å²) >= 11 is 5.62. The van der Waals surface area contributed by atoms with Crippen molar-refractivity contribution in [1.82, 2.24) is 4.90 Å². The van der Waals surface area contributed by atoms with Gasteiger partial charge in [-0.25, -0.2) is 8.42 Å². The first-order valence-electron chi connectivity index (χ1n) is 4.62. The molecule has 1 rings (SSSR count). The molecule has 0 aromatic heterocycles. The fraction of sp³-hybridized carbons (Fsp3) is 1.00. The average molecular weight is 226 g/mol. The minimum atomic E-state index is -2.19. The average Bonchev–Trinajstić information content (AvgIpc) is 2.08. The zero-order valence-electron chi connectivity index (χ0n) is 7.62. The Morgan fingerprint density at radius 2 is 1.92 bits per heavy atom. The number of hydrogen-bond acceptors (Lipinski definition) is 3. The van der Waals surface area contributed by atoms with E-state index in [1.54, 1.807) is 0 Å². The Bertz CT molecular complexity index is 204. The summed E-state index contributed by atoms with van der Waals surface area (Å²) in [4.78, 5) is 2.29. The molecular weight excluding hydrogens is 210 g/mol. The predicted octanol–water partition coefficient (Wildman–Crippen LogP) is 0.549. The second-order valence-corrected chi connectivity index (χ2v) is 4.90. The number of nitrogens with zero attached hydrogens (tertiary/aromatic N) is 1. The Balaban J connectivity index is 2.22. The Hall–Kier alpha value is 0.200. The van der Waals surface area contributed by atoms with E-state index in [9.17, 15) is 8.42 Å². The van der Waals surface area contributed by atoms with Crippen LogP contribution in [-0.4, -0.2) is 44.6 Å². The molecule has 0 atom stereocenters. The van der Waals surface area contributed by atoms with Crippen LogP contribution in [0.1, 0.15) is 12.8 Å². The van der Waals surface area contributed by atoms with Crippen LogP contribution in [0.5, 0.6) is 0 Å². The van der Waals surface area contributed by atoms with Gasteiger partial charge in [0, 0.05) is 12.4 Å². The Morgan fingerprint density at radius 1 is 1.31 bits per heavy atom. The van der Waals surface area contributed by atoms with E-state index in [4.69, 9.17) is 11.6 Å². The van der Waals surface area contributed by atoms with Crippen LogP contribution in [-0.2, 0) is 10.7 Å². The zero-order chi connectivity index (χ0) is 9.68. The monoisotopic (exact) mass is 225 g/mol. The van der Waals surface area contributed by atoms with Crippen LogP contribution in [0, 0.1) is 5.92 Å². The maximum absolute atomic E-state index is 10.5.